The van der Waals surface area contributed by atoms with E-state index >= 15 is 0 Å². The van der Waals surface area contributed by atoms with Gasteiger partial charge in [0.25, 0.3) is 0 Å². The number of ether oxygens (including phenoxy) is 1. The Morgan fingerprint density at radius 1 is 1.40 bits per heavy atom. The molecule has 2 heterocycles. The summed E-state index contributed by atoms with van der Waals surface area (Å²) in [4.78, 5) is 2.47. The fourth-order valence-corrected chi connectivity index (χ4v) is 3.50. The molecule has 2 aliphatic rings. The van der Waals surface area contributed by atoms with E-state index in [4.69, 9.17) is 10.5 Å². The fraction of sp³-hybridized carbons (Fsp3) is 0.625. The SMILES string of the molecule is CCCN1CCC2(CC1)CC(N)c1ccc(F)cc1O2. The van der Waals surface area contributed by atoms with Crippen molar-refractivity contribution in [1.29, 1.82) is 0 Å². The maximum Gasteiger partial charge on any atom is 0.127 e. The van der Waals surface area contributed by atoms with Gasteiger partial charge >= 0.3 is 0 Å². The van der Waals surface area contributed by atoms with Gasteiger partial charge in [-0.15, -0.1) is 0 Å². The number of hydrogen-bond acceptors (Lipinski definition) is 3. The molecule has 0 aliphatic carbocycles. The lowest BCUT2D eigenvalue weighted by molar-refractivity contribution is -0.0218. The number of halogens is 1. The number of nitrogens with two attached hydrogens (primary N) is 1. The first kappa shape index (κ1) is 13.8. The van der Waals surface area contributed by atoms with E-state index in [1.165, 1.54) is 18.6 Å². The predicted octanol–water partition coefficient (Wildman–Crippen LogP) is 2.85. The third-order valence-corrected chi connectivity index (χ3v) is 4.60. The number of nitrogens with zero attached hydrogens (tertiary/aromatic N) is 1. The third-order valence-electron chi connectivity index (χ3n) is 4.60. The van der Waals surface area contributed by atoms with Gasteiger partial charge in [0.05, 0.1) is 0 Å². The minimum Gasteiger partial charge on any atom is -0.487 e. The van der Waals surface area contributed by atoms with Crippen molar-refractivity contribution in [2.24, 2.45) is 5.73 Å². The second-order valence-corrected chi connectivity index (χ2v) is 6.12. The lowest BCUT2D eigenvalue weighted by Gasteiger charge is -2.46. The van der Waals surface area contributed by atoms with Crippen LogP contribution in [0.15, 0.2) is 18.2 Å². The summed E-state index contributed by atoms with van der Waals surface area (Å²) < 4.78 is 19.6. The molecule has 4 heteroatoms. The first-order valence-corrected chi connectivity index (χ1v) is 7.58. The zero-order valence-corrected chi connectivity index (χ0v) is 12.1. The normalized spacial score (nSPS) is 25.2. The van der Waals surface area contributed by atoms with E-state index in [0.717, 1.165) is 44.5 Å². The first-order valence-electron chi connectivity index (χ1n) is 7.58. The Labute approximate surface area is 119 Å². The molecule has 1 spiro atoms. The average molecular weight is 278 g/mol. The van der Waals surface area contributed by atoms with Gasteiger partial charge in [0.15, 0.2) is 0 Å². The van der Waals surface area contributed by atoms with Crippen LogP contribution in [0.4, 0.5) is 4.39 Å². The molecule has 1 unspecified atom stereocenters. The van der Waals surface area contributed by atoms with Crippen LogP contribution in [-0.2, 0) is 0 Å². The molecule has 3 nitrogen and oxygen atoms in total. The number of likely N-dealkylation sites (tertiary alicyclic amines) is 1. The van der Waals surface area contributed by atoms with E-state index in [2.05, 4.69) is 11.8 Å². The Hall–Kier alpha value is -1.13. The number of rotatable bonds is 2. The smallest absolute Gasteiger partial charge is 0.127 e. The van der Waals surface area contributed by atoms with Crippen molar-refractivity contribution in [2.45, 2.75) is 44.2 Å². The van der Waals surface area contributed by atoms with Crippen LogP contribution >= 0.6 is 0 Å². The van der Waals surface area contributed by atoms with Crippen molar-refractivity contribution in [3.05, 3.63) is 29.6 Å². The van der Waals surface area contributed by atoms with Gasteiger partial charge in [-0.2, -0.15) is 0 Å². The lowest BCUT2D eigenvalue weighted by Crippen LogP contribution is -2.51. The van der Waals surface area contributed by atoms with Crippen LogP contribution in [0, 0.1) is 5.82 Å². The summed E-state index contributed by atoms with van der Waals surface area (Å²) >= 11 is 0. The van der Waals surface area contributed by atoms with Crippen LogP contribution in [0.3, 0.4) is 0 Å². The van der Waals surface area contributed by atoms with Gasteiger partial charge in [-0.05, 0) is 31.9 Å². The quantitative estimate of drug-likeness (QED) is 0.904. The summed E-state index contributed by atoms with van der Waals surface area (Å²) in [6.45, 7) is 5.44. The molecule has 0 aromatic heterocycles. The Bertz CT molecular complexity index is 483. The molecule has 1 aromatic carbocycles. The minimum absolute atomic E-state index is 0.0444. The summed E-state index contributed by atoms with van der Waals surface area (Å²) in [6, 6.07) is 4.66. The summed E-state index contributed by atoms with van der Waals surface area (Å²) in [7, 11) is 0. The largest absolute Gasteiger partial charge is 0.487 e. The Morgan fingerprint density at radius 2 is 2.15 bits per heavy atom. The predicted molar refractivity (Wildman–Crippen MR) is 77.3 cm³/mol. The van der Waals surface area contributed by atoms with Crippen LogP contribution < -0.4 is 10.5 Å². The van der Waals surface area contributed by atoms with Crippen LogP contribution in [0.1, 0.15) is 44.2 Å². The van der Waals surface area contributed by atoms with Crippen LogP contribution in [-0.4, -0.2) is 30.1 Å². The highest BCUT2D eigenvalue weighted by Gasteiger charge is 2.42. The highest BCUT2D eigenvalue weighted by molar-refractivity contribution is 5.39. The molecule has 2 aliphatic heterocycles. The maximum absolute atomic E-state index is 13.4. The van der Waals surface area contributed by atoms with Crippen LogP contribution in [0.25, 0.3) is 0 Å². The van der Waals surface area contributed by atoms with E-state index in [-0.39, 0.29) is 17.5 Å². The van der Waals surface area contributed by atoms with Gasteiger partial charge in [-0.1, -0.05) is 13.0 Å². The number of benzene rings is 1. The highest BCUT2D eigenvalue weighted by Crippen LogP contribution is 2.43. The van der Waals surface area contributed by atoms with Crippen molar-refractivity contribution >= 4 is 0 Å². The average Bonchev–Trinajstić information content (AvgIpc) is 2.41. The second kappa shape index (κ2) is 5.34. The van der Waals surface area contributed by atoms with E-state index in [0.29, 0.717) is 5.75 Å². The molecule has 0 amide bonds. The van der Waals surface area contributed by atoms with Gasteiger partial charge in [0.1, 0.15) is 17.2 Å². The van der Waals surface area contributed by atoms with Gasteiger partial charge < -0.3 is 15.4 Å². The van der Waals surface area contributed by atoms with Crippen molar-refractivity contribution in [1.82, 2.24) is 4.90 Å². The Kier molecular flexibility index (Phi) is 3.69. The van der Waals surface area contributed by atoms with Crippen molar-refractivity contribution < 1.29 is 9.13 Å². The minimum atomic E-state index is -0.253. The van der Waals surface area contributed by atoms with E-state index < -0.39 is 0 Å². The Morgan fingerprint density at radius 3 is 2.85 bits per heavy atom. The number of piperidine rings is 1. The molecule has 2 N–H and O–H groups in total. The molecule has 0 bridgehead atoms. The Balaban J connectivity index is 1.77. The third kappa shape index (κ3) is 2.54. The first-order chi connectivity index (χ1) is 9.62. The maximum atomic E-state index is 13.4. The monoisotopic (exact) mass is 278 g/mol. The molecule has 1 atom stereocenters. The summed E-state index contributed by atoms with van der Waals surface area (Å²) in [5, 5.41) is 0. The number of hydrogen-bond donors (Lipinski definition) is 1. The van der Waals surface area contributed by atoms with Crippen molar-refractivity contribution in [2.75, 3.05) is 19.6 Å². The van der Waals surface area contributed by atoms with E-state index in [1.54, 1.807) is 6.07 Å². The second-order valence-electron chi connectivity index (χ2n) is 6.12. The number of fused-ring (bicyclic) bond motifs is 1. The van der Waals surface area contributed by atoms with Gasteiger partial charge in [0, 0.05) is 37.2 Å². The summed E-state index contributed by atoms with van der Waals surface area (Å²) in [5.41, 5.74) is 7.03. The molecule has 3 rings (SSSR count). The topological polar surface area (TPSA) is 38.5 Å². The molecule has 110 valence electrons. The molecule has 0 saturated carbocycles. The molecule has 20 heavy (non-hydrogen) atoms. The fourth-order valence-electron chi connectivity index (χ4n) is 3.50. The summed E-state index contributed by atoms with van der Waals surface area (Å²) in [6.07, 6.45) is 3.99. The molecule has 1 aromatic rings. The van der Waals surface area contributed by atoms with Crippen molar-refractivity contribution in [3.63, 3.8) is 0 Å². The van der Waals surface area contributed by atoms with Crippen molar-refractivity contribution in [3.8, 4) is 5.75 Å². The zero-order valence-electron chi connectivity index (χ0n) is 12.1. The molecular formula is C16H23FN2O. The summed E-state index contributed by atoms with van der Waals surface area (Å²) in [5.74, 6) is 0.393. The molecule has 0 radical (unpaired) electrons. The standard InChI is InChI=1S/C16H23FN2O/c1-2-7-19-8-5-16(6-9-19)11-14(18)13-4-3-12(17)10-15(13)20-16/h3-4,10,14H,2,5-9,11,18H2,1H3. The van der Waals surface area contributed by atoms with Crippen LogP contribution in [0.5, 0.6) is 5.75 Å². The lowest BCUT2D eigenvalue weighted by atomic mass is 9.81. The molecular weight excluding hydrogens is 255 g/mol. The highest BCUT2D eigenvalue weighted by atomic mass is 19.1. The van der Waals surface area contributed by atoms with E-state index in [1.807, 2.05) is 0 Å². The van der Waals surface area contributed by atoms with Gasteiger partial charge in [0.2, 0.25) is 0 Å². The van der Waals surface area contributed by atoms with Gasteiger partial charge in [-0.25, -0.2) is 4.39 Å². The zero-order chi connectivity index (χ0) is 14.2. The molecule has 1 fully saturated rings. The van der Waals surface area contributed by atoms with E-state index in [9.17, 15) is 4.39 Å². The van der Waals surface area contributed by atoms with Crippen LogP contribution in [0.2, 0.25) is 0 Å². The molecule has 1 saturated heterocycles. The van der Waals surface area contributed by atoms with Gasteiger partial charge in [-0.3, -0.25) is 0 Å².